The summed E-state index contributed by atoms with van der Waals surface area (Å²) in [5.41, 5.74) is 1.44. The van der Waals surface area contributed by atoms with Crippen molar-refractivity contribution >= 4 is 11.9 Å². The van der Waals surface area contributed by atoms with Crippen LogP contribution >= 0.6 is 0 Å². The van der Waals surface area contributed by atoms with Gasteiger partial charge in [-0.3, -0.25) is 4.79 Å². The highest BCUT2D eigenvalue weighted by Gasteiger charge is 2.30. The molecule has 32 heavy (non-hydrogen) atoms. The zero-order valence-electron chi connectivity index (χ0n) is 18.9. The van der Waals surface area contributed by atoms with Crippen molar-refractivity contribution < 1.29 is 18.7 Å². The Hall–Kier alpha value is -3.03. The molecule has 0 unspecified atom stereocenters. The van der Waals surface area contributed by atoms with Gasteiger partial charge in [0.05, 0.1) is 7.11 Å². The minimum atomic E-state index is -0.0733. The van der Waals surface area contributed by atoms with Gasteiger partial charge in [0, 0.05) is 38.6 Å². The molecule has 0 aliphatic carbocycles. The van der Waals surface area contributed by atoms with E-state index in [1.165, 1.54) is 6.42 Å². The van der Waals surface area contributed by atoms with E-state index in [1.807, 2.05) is 41.0 Å². The molecule has 0 atom stereocenters. The van der Waals surface area contributed by atoms with Gasteiger partial charge in [0.2, 0.25) is 0 Å². The van der Waals surface area contributed by atoms with E-state index >= 15 is 0 Å². The first-order valence-corrected chi connectivity index (χ1v) is 11.5. The standard InChI is InChI=1S/C24H32N4O4/c1-17-21(23(29)27-11-4-3-5-12-27)26-22(32-17)19-9-13-28(14-10-19)24(30)25-16-18-7-6-8-20(15-18)31-2/h6-8,15,19H,3-5,9-14,16H2,1-2H3,(H,25,30). The fourth-order valence-corrected chi connectivity index (χ4v) is 4.44. The number of carbonyl (C=O) groups is 2. The topological polar surface area (TPSA) is 87.9 Å². The van der Waals surface area contributed by atoms with E-state index in [1.54, 1.807) is 7.11 Å². The molecule has 2 fully saturated rings. The Morgan fingerprint density at radius 1 is 1.12 bits per heavy atom. The van der Waals surface area contributed by atoms with Crippen LogP contribution in [0.1, 0.15) is 65.7 Å². The summed E-state index contributed by atoms with van der Waals surface area (Å²) >= 11 is 0. The number of benzene rings is 1. The quantitative estimate of drug-likeness (QED) is 0.766. The number of likely N-dealkylation sites (tertiary alicyclic amines) is 2. The molecule has 1 N–H and O–H groups in total. The number of amides is 3. The smallest absolute Gasteiger partial charge is 0.317 e. The Morgan fingerprint density at radius 2 is 1.88 bits per heavy atom. The zero-order valence-corrected chi connectivity index (χ0v) is 18.9. The maximum absolute atomic E-state index is 12.8. The minimum absolute atomic E-state index is 0.0217. The van der Waals surface area contributed by atoms with Gasteiger partial charge in [-0.1, -0.05) is 12.1 Å². The summed E-state index contributed by atoms with van der Waals surface area (Å²) in [7, 11) is 1.63. The fourth-order valence-electron chi connectivity index (χ4n) is 4.44. The van der Waals surface area contributed by atoms with Crippen molar-refractivity contribution in [2.75, 3.05) is 33.3 Å². The van der Waals surface area contributed by atoms with E-state index in [0.717, 1.165) is 50.1 Å². The molecule has 1 aromatic heterocycles. The lowest BCUT2D eigenvalue weighted by molar-refractivity contribution is 0.0717. The van der Waals surface area contributed by atoms with Crippen LogP contribution in [-0.2, 0) is 6.54 Å². The zero-order chi connectivity index (χ0) is 22.5. The molecule has 2 aromatic rings. The molecule has 2 aliphatic heterocycles. The van der Waals surface area contributed by atoms with Crippen LogP contribution in [-0.4, -0.2) is 60.0 Å². The number of carbonyl (C=O) groups excluding carboxylic acids is 2. The van der Waals surface area contributed by atoms with Crippen LogP contribution in [0.4, 0.5) is 4.79 Å². The maximum Gasteiger partial charge on any atom is 0.317 e. The van der Waals surface area contributed by atoms with E-state index in [0.29, 0.717) is 37.0 Å². The predicted molar refractivity (Wildman–Crippen MR) is 120 cm³/mol. The molecule has 3 heterocycles. The van der Waals surface area contributed by atoms with Crippen molar-refractivity contribution in [1.82, 2.24) is 20.1 Å². The van der Waals surface area contributed by atoms with E-state index in [9.17, 15) is 9.59 Å². The number of urea groups is 1. The number of methoxy groups -OCH3 is 1. The molecule has 172 valence electrons. The number of aryl methyl sites for hydroxylation is 1. The lowest BCUT2D eigenvalue weighted by Crippen LogP contribution is -2.43. The third-order valence-electron chi connectivity index (χ3n) is 6.37. The summed E-state index contributed by atoms with van der Waals surface area (Å²) in [6.07, 6.45) is 4.81. The molecule has 0 spiro atoms. The molecule has 3 amide bonds. The summed E-state index contributed by atoms with van der Waals surface area (Å²) in [5.74, 6) is 2.09. The molecule has 4 rings (SSSR count). The minimum Gasteiger partial charge on any atom is -0.497 e. The molecule has 0 radical (unpaired) electrons. The van der Waals surface area contributed by atoms with Crippen LogP contribution in [0.25, 0.3) is 0 Å². The fraction of sp³-hybridized carbons (Fsp3) is 0.542. The summed E-state index contributed by atoms with van der Waals surface area (Å²) in [6.45, 7) is 5.12. The molecule has 8 nitrogen and oxygen atoms in total. The van der Waals surface area contributed by atoms with Gasteiger partial charge in [-0.05, 0) is 56.7 Å². The number of ether oxygens (including phenoxy) is 1. The van der Waals surface area contributed by atoms with Gasteiger partial charge in [0.25, 0.3) is 5.91 Å². The van der Waals surface area contributed by atoms with Crippen molar-refractivity contribution in [1.29, 1.82) is 0 Å². The number of nitrogens with zero attached hydrogens (tertiary/aromatic N) is 3. The van der Waals surface area contributed by atoms with E-state index in [4.69, 9.17) is 9.15 Å². The molecule has 0 bridgehead atoms. The molecule has 0 saturated carbocycles. The second kappa shape index (κ2) is 10.1. The van der Waals surface area contributed by atoms with Gasteiger partial charge in [-0.2, -0.15) is 0 Å². The third kappa shape index (κ3) is 5.06. The summed E-state index contributed by atoms with van der Waals surface area (Å²) < 4.78 is 11.1. The Morgan fingerprint density at radius 3 is 2.59 bits per heavy atom. The van der Waals surface area contributed by atoms with Crippen LogP contribution < -0.4 is 10.1 Å². The van der Waals surface area contributed by atoms with Gasteiger partial charge in [0.15, 0.2) is 11.6 Å². The van der Waals surface area contributed by atoms with Gasteiger partial charge in [-0.15, -0.1) is 0 Å². The van der Waals surface area contributed by atoms with Gasteiger partial charge in [0.1, 0.15) is 11.5 Å². The number of piperidine rings is 2. The highest BCUT2D eigenvalue weighted by molar-refractivity contribution is 5.93. The van der Waals surface area contributed by atoms with Crippen LogP contribution in [0.2, 0.25) is 0 Å². The monoisotopic (exact) mass is 440 g/mol. The average molecular weight is 441 g/mol. The molecule has 2 aliphatic rings. The third-order valence-corrected chi connectivity index (χ3v) is 6.37. The van der Waals surface area contributed by atoms with E-state index in [-0.39, 0.29) is 17.9 Å². The Labute approximate surface area is 188 Å². The number of nitrogens with one attached hydrogen (secondary N) is 1. The van der Waals surface area contributed by atoms with Crippen molar-refractivity contribution in [3.05, 3.63) is 47.2 Å². The van der Waals surface area contributed by atoms with Gasteiger partial charge in [-0.25, -0.2) is 9.78 Å². The van der Waals surface area contributed by atoms with Crippen LogP contribution in [0, 0.1) is 6.92 Å². The number of aromatic nitrogens is 1. The number of hydrogen-bond donors (Lipinski definition) is 1. The lowest BCUT2D eigenvalue weighted by atomic mass is 9.97. The van der Waals surface area contributed by atoms with Crippen LogP contribution in [0.3, 0.4) is 0 Å². The Kier molecular flexibility index (Phi) is 6.97. The number of oxazole rings is 1. The molecule has 1 aromatic carbocycles. The van der Waals surface area contributed by atoms with Crippen LogP contribution in [0.5, 0.6) is 5.75 Å². The molecular formula is C24H32N4O4. The number of hydrogen-bond acceptors (Lipinski definition) is 5. The number of rotatable bonds is 5. The van der Waals surface area contributed by atoms with Crippen molar-refractivity contribution in [2.24, 2.45) is 0 Å². The second-order valence-corrected chi connectivity index (χ2v) is 8.58. The highest BCUT2D eigenvalue weighted by atomic mass is 16.5. The van der Waals surface area contributed by atoms with Crippen LogP contribution in [0.15, 0.2) is 28.7 Å². The average Bonchev–Trinajstić information content (AvgIpc) is 3.24. The largest absolute Gasteiger partial charge is 0.497 e. The van der Waals surface area contributed by atoms with Gasteiger partial charge >= 0.3 is 6.03 Å². The maximum atomic E-state index is 12.8. The van der Waals surface area contributed by atoms with E-state index in [2.05, 4.69) is 10.3 Å². The normalized spacial score (nSPS) is 17.3. The van der Waals surface area contributed by atoms with E-state index < -0.39 is 0 Å². The SMILES string of the molecule is COc1cccc(CNC(=O)N2CCC(c3nc(C(=O)N4CCCCC4)c(C)o3)CC2)c1. The lowest BCUT2D eigenvalue weighted by Gasteiger charge is -2.30. The first kappa shape index (κ1) is 22.2. The Balaban J connectivity index is 1.29. The first-order valence-electron chi connectivity index (χ1n) is 11.5. The summed E-state index contributed by atoms with van der Waals surface area (Å²) in [4.78, 5) is 33.7. The summed E-state index contributed by atoms with van der Waals surface area (Å²) in [6, 6.07) is 7.60. The predicted octanol–water partition coefficient (Wildman–Crippen LogP) is 3.71. The van der Waals surface area contributed by atoms with Gasteiger partial charge < -0.3 is 24.3 Å². The molecular weight excluding hydrogens is 408 g/mol. The Bertz CT molecular complexity index is 943. The van der Waals surface area contributed by atoms with Crippen molar-refractivity contribution in [3.8, 4) is 5.75 Å². The highest BCUT2D eigenvalue weighted by Crippen LogP contribution is 2.29. The van der Waals surface area contributed by atoms with Crippen molar-refractivity contribution in [2.45, 2.75) is 51.5 Å². The first-order chi connectivity index (χ1) is 15.5. The molecule has 2 saturated heterocycles. The molecule has 8 heteroatoms. The van der Waals surface area contributed by atoms with Crippen molar-refractivity contribution in [3.63, 3.8) is 0 Å². The second-order valence-electron chi connectivity index (χ2n) is 8.58. The summed E-state index contributed by atoms with van der Waals surface area (Å²) in [5, 5.41) is 2.98.